The fourth-order valence-corrected chi connectivity index (χ4v) is 1.84. The minimum absolute atomic E-state index is 0.241. The summed E-state index contributed by atoms with van der Waals surface area (Å²) < 4.78 is 1.94. The molecule has 0 radical (unpaired) electrons. The predicted molar refractivity (Wildman–Crippen MR) is 62.7 cm³/mol. The van der Waals surface area contributed by atoms with Gasteiger partial charge in [-0.15, -0.1) is 0 Å². The van der Waals surface area contributed by atoms with E-state index < -0.39 is 0 Å². The van der Waals surface area contributed by atoms with E-state index in [9.17, 15) is 0 Å². The molecule has 0 bridgehead atoms. The van der Waals surface area contributed by atoms with E-state index >= 15 is 0 Å². The first-order valence-electron chi connectivity index (χ1n) is 5.34. The van der Waals surface area contributed by atoms with Gasteiger partial charge in [0.2, 0.25) is 0 Å². The monoisotopic (exact) mass is 203 g/mol. The number of aromatic nitrogens is 2. The maximum absolute atomic E-state index is 5.76. The van der Waals surface area contributed by atoms with E-state index in [1.165, 1.54) is 10.9 Å². The van der Waals surface area contributed by atoms with Gasteiger partial charge in [0.25, 0.3) is 0 Å². The molecule has 15 heavy (non-hydrogen) atoms. The van der Waals surface area contributed by atoms with Crippen molar-refractivity contribution in [3.05, 3.63) is 30.0 Å². The standard InChI is InChI=1S/C12H17N3/c1-9(13)7-8-11-10-5-3-4-6-12(10)15(2)14-11/h3-6,9H,7-8,13H2,1-2H3/t9-/m0/s1. The van der Waals surface area contributed by atoms with Gasteiger partial charge in [0.15, 0.2) is 0 Å². The van der Waals surface area contributed by atoms with Crippen LogP contribution in [0.15, 0.2) is 24.3 Å². The van der Waals surface area contributed by atoms with Gasteiger partial charge < -0.3 is 5.73 Å². The summed E-state index contributed by atoms with van der Waals surface area (Å²) in [6, 6.07) is 8.56. The highest BCUT2D eigenvalue weighted by Gasteiger charge is 2.07. The Bertz CT molecular complexity index is 457. The van der Waals surface area contributed by atoms with Gasteiger partial charge in [-0.2, -0.15) is 5.10 Å². The van der Waals surface area contributed by atoms with Crippen LogP contribution in [-0.2, 0) is 13.5 Å². The van der Waals surface area contributed by atoms with Crippen molar-refractivity contribution < 1.29 is 0 Å². The lowest BCUT2D eigenvalue weighted by Gasteiger charge is -2.01. The van der Waals surface area contributed by atoms with Gasteiger partial charge in [0, 0.05) is 18.5 Å². The minimum Gasteiger partial charge on any atom is -0.328 e. The van der Waals surface area contributed by atoms with Crippen LogP contribution >= 0.6 is 0 Å². The third-order valence-electron chi connectivity index (χ3n) is 2.67. The molecular weight excluding hydrogens is 186 g/mol. The van der Waals surface area contributed by atoms with Gasteiger partial charge in [-0.1, -0.05) is 18.2 Å². The lowest BCUT2D eigenvalue weighted by atomic mass is 10.1. The number of rotatable bonds is 3. The zero-order valence-electron chi connectivity index (χ0n) is 9.27. The van der Waals surface area contributed by atoms with Crippen LogP contribution in [0.3, 0.4) is 0 Å². The summed E-state index contributed by atoms with van der Waals surface area (Å²) in [5, 5.41) is 5.77. The number of aryl methyl sites for hydroxylation is 2. The topological polar surface area (TPSA) is 43.8 Å². The summed E-state index contributed by atoms with van der Waals surface area (Å²) in [6.45, 7) is 2.03. The molecule has 1 heterocycles. The number of fused-ring (bicyclic) bond motifs is 1. The number of para-hydroxylation sites is 1. The van der Waals surface area contributed by atoms with Crippen LogP contribution < -0.4 is 5.73 Å². The second kappa shape index (κ2) is 4.03. The van der Waals surface area contributed by atoms with Crippen LogP contribution in [-0.4, -0.2) is 15.8 Å². The van der Waals surface area contributed by atoms with Gasteiger partial charge in [0.05, 0.1) is 11.2 Å². The van der Waals surface area contributed by atoms with Crippen molar-refractivity contribution in [3.8, 4) is 0 Å². The molecule has 80 valence electrons. The molecule has 3 nitrogen and oxygen atoms in total. The second-order valence-corrected chi connectivity index (χ2v) is 4.10. The Morgan fingerprint density at radius 2 is 2.13 bits per heavy atom. The first-order valence-corrected chi connectivity index (χ1v) is 5.34. The molecule has 0 saturated heterocycles. The van der Waals surface area contributed by atoms with E-state index in [1.807, 2.05) is 24.7 Å². The summed E-state index contributed by atoms with van der Waals surface area (Å²) in [4.78, 5) is 0. The van der Waals surface area contributed by atoms with Crippen LogP contribution in [0.4, 0.5) is 0 Å². The Balaban J connectivity index is 2.35. The minimum atomic E-state index is 0.241. The predicted octanol–water partition coefficient (Wildman–Crippen LogP) is 1.85. The molecule has 1 aromatic heterocycles. The molecule has 0 aliphatic heterocycles. The fourth-order valence-electron chi connectivity index (χ4n) is 1.84. The van der Waals surface area contributed by atoms with Crippen molar-refractivity contribution in [1.29, 1.82) is 0 Å². The number of benzene rings is 1. The maximum Gasteiger partial charge on any atom is 0.0703 e. The Kier molecular flexibility index (Phi) is 2.73. The first kappa shape index (κ1) is 10.2. The highest BCUT2D eigenvalue weighted by atomic mass is 15.3. The van der Waals surface area contributed by atoms with Gasteiger partial charge >= 0.3 is 0 Å². The summed E-state index contributed by atoms with van der Waals surface area (Å²) in [5.74, 6) is 0. The molecular formula is C12H17N3. The molecule has 0 fully saturated rings. The van der Waals surface area contributed by atoms with E-state index in [2.05, 4.69) is 23.3 Å². The zero-order valence-corrected chi connectivity index (χ0v) is 9.27. The van der Waals surface area contributed by atoms with Crippen molar-refractivity contribution in [1.82, 2.24) is 9.78 Å². The number of hydrogen-bond acceptors (Lipinski definition) is 2. The number of nitrogens with zero attached hydrogens (tertiary/aromatic N) is 2. The molecule has 1 aromatic carbocycles. The molecule has 0 spiro atoms. The van der Waals surface area contributed by atoms with Crippen LogP contribution in [0.5, 0.6) is 0 Å². The summed E-state index contributed by atoms with van der Waals surface area (Å²) in [7, 11) is 1.98. The molecule has 1 atom stereocenters. The largest absolute Gasteiger partial charge is 0.328 e. The lowest BCUT2D eigenvalue weighted by Crippen LogP contribution is -2.15. The van der Waals surface area contributed by atoms with Crippen molar-refractivity contribution in [2.24, 2.45) is 12.8 Å². The van der Waals surface area contributed by atoms with E-state index in [4.69, 9.17) is 5.73 Å². The van der Waals surface area contributed by atoms with Gasteiger partial charge in [0.1, 0.15) is 0 Å². The van der Waals surface area contributed by atoms with Crippen LogP contribution in [0.1, 0.15) is 19.0 Å². The normalized spacial score (nSPS) is 13.3. The summed E-state index contributed by atoms with van der Waals surface area (Å²) in [6.07, 6.45) is 1.94. The van der Waals surface area contributed by atoms with Crippen LogP contribution in [0, 0.1) is 0 Å². The van der Waals surface area contributed by atoms with E-state index in [0.29, 0.717) is 0 Å². The lowest BCUT2D eigenvalue weighted by molar-refractivity contribution is 0.648. The van der Waals surface area contributed by atoms with Crippen molar-refractivity contribution in [2.45, 2.75) is 25.8 Å². The fraction of sp³-hybridized carbons (Fsp3) is 0.417. The van der Waals surface area contributed by atoms with E-state index in [1.54, 1.807) is 0 Å². The maximum atomic E-state index is 5.76. The number of hydrogen-bond donors (Lipinski definition) is 1. The Hall–Kier alpha value is -1.35. The zero-order chi connectivity index (χ0) is 10.8. The molecule has 2 N–H and O–H groups in total. The van der Waals surface area contributed by atoms with E-state index in [0.717, 1.165) is 18.5 Å². The van der Waals surface area contributed by atoms with Crippen LogP contribution in [0.25, 0.3) is 10.9 Å². The van der Waals surface area contributed by atoms with Crippen molar-refractivity contribution in [2.75, 3.05) is 0 Å². The smallest absolute Gasteiger partial charge is 0.0703 e. The highest BCUT2D eigenvalue weighted by molar-refractivity contribution is 5.81. The average molecular weight is 203 g/mol. The van der Waals surface area contributed by atoms with Gasteiger partial charge in [-0.05, 0) is 25.8 Å². The molecule has 3 heteroatoms. The third kappa shape index (κ3) is 2.02. The molecule has 0 saturated carbocycles. The van der Waals surface area contributed by atoms with Gasteiger partial charge in [-0.3, -0.25) is 4.68 Å². The van der Waals surface area contributed by atoms with Crippen molar-refractivity contribution >= 4 is 10.9 Å². The highest BCUT2D eigenvalue weighted by Crippen LogP contribution is 2.18. The molecule has 0 aliphatic carbocycles. The van der Waals surface area contributed by atoms with Crippen LogP contribution in [0.2, 0.25) is 0 Å². The Morgan fingerprint density at radius 3 is 2.87 bits per heavy atom. The molecule has 0 amide bonds. The third-order valence-corrected chi connectivity index (χ3v) is 2.67. The molecule has 2 aromatic rings. The molecule has 2 rings (SSSR count). The summed E-state index contributed by atoms with van der Waals surface area (Å²) >= 11 is 0. The quantitative estimate of drug-likeness (QED) is 0.827. The SMILES string of the molecule is C[C@H](N)CCc1nn(C)c2ccccc12. The molecule has 0 aliphatic rings. The average Bonchev–Trinajstić information content (AvgIpc) is 2.54. The van der Waals surface area contributed by atoms with Crippen molar-refractivity contribution in [3.63, 3.8) is 0 Å². The second-order valence-electron chi connectivity index (χ2n) is 4.10. The first-order chi connectivity index (χ1) is 7.18. The molecule has 0 unspecified atom stereocenters. The summed E-state index contributed by atoms with van der Waals surface area (Å²) in [5.41, 5.74) is 8.11. The van der Waals surface area contributed by atoms with E-state index in [-0.39, 0.29) is 6.04 Å². The Morgan fingerprint density at radius 1 is 1.40 bits per heavy atom. The van der Waals surface area contributed by atoms with Gasteiger partial charge in [-0.25, -0.2) is 0 Å². The number of nitrogens with two attached hydrogens (primary N) is 1. The Labute approximate surface area is 89.9 Å².